The number of ether oxygens (including phenoxy) is 2. The number of benzene rings is 1. The van der Waals surface area contributed by atoms with Crippen LogP contribution in [0.1, 0.15) is 11.1 Å². The average molecular weight is 326 g/mol. The molecule has 6 nitrogen and oxygen atoms in total. The van der Waals surface area contributed by atoms with Crippen LogP contribution in [0, 0.1) is 0 Å². The predicted molar refractivity (Wildman–Crippen MR) is 80.6 cm³/mol. The van der Waals surface area contributed by atoms with E-state index in [9.17, 15) is 4.79 Å². The van der Waals surface area contributed by atoms with E-state index >= 15 is 0 Å². The molecule has 0 saturated carbocycles. The molecule has 0 saturated heterocycles. The largest absolute Gasteiger partial charge is 0.467 e. The molecule has 1 aliphatic heterocycles. The van der Waals surface area contributed by atoms with Crippen LogP contribution in [0.25, 0.3) is 0 Å². The Morgan fingerprint density at radius 1 is 1.43 bits per heavy atom. The molecule has 0 atom stereocenters. The minimum Gasteiger partial charge on any atom is -0.467 e. The second kappa shape index (κ2) is 5.97. The summed E-state index contributed by atoms with van der Waals surface area (Å²) in [5, 5.41) is 1.08. The number of anilines is 1. The average Bonchev–Trinajstić information content (AvgIpc) is 2.43. The topological polar surface area (TPSA) is 90.2 Å². The smallest absolute Gasteiger partial charge is 0.253 e. The highest BCUT2D eigenvalue weighted by Crippen LogP contribution is 2.34. The number of nitrogens with one attached hydrogen (secondary N) is 1. The molecule has 0 spiro atoms. The maximum absolute atomic E-state index is 11.4. The molecule has 0 amide bonds. The zero-order valence-corrected chi connectivity index (χ0v) is 12.5. The number of aromatic amines is 1. The third-order valence-electron chi connectivity index (χ3n) is 2.86. The number of hydrogen-bond donors (Lipinski definition) is 2. The Balaban J connectivity index is 1.84. The van der Waals surface area contributed by atoms with Gasteiger partial charge in [0.15, 0.2) is 11.9 Å². The summed E-state index contributed by atoms with van der Waals surface area (Å²) in [6, 6.07) is 4.90. The molecule has 1 aromatic heterocycles. The van der Waals surface area contributed by atoms with E-state index in [1.807, 2.05) is 12.1 Å². The molecule has 2 heterocycles. The molecule has 8 heteroatoms. The van der Waals surface area contributed by atoms with Gasteiger partial charge >= 0.3 is 0 Å². The van der Waals surface area contributed by atoms with Gasteiger partial charge < -0.3 is 20.2 Å². The first kappa shape index (κ1) is 14.2. The maximum Gasteiger partial charge on any atom is 0.253 e. The van der Waals surface area contributed by atoms with E-state index in [-0.39, 0.29) is 18.2 Å². The minimum absolute atomic E-state index is 0.194. The van der Waals surface area contributed by atoms with Crippen molar-refractivity contribution in [2.75, 3.05) is 12.5 Å². The van der Waals surface area contributed by atoms with Crippen LogP contribution in [0.5, 0.6) is 5.75 Å². The Morgan fingerprint density at radius 3 is 3.10 bits per heavy atom. The normalized spacial score (nSPS) is 13.6. The molecule has 0 fully saturated rings. The second-order valence-corrected chi connectivity index (χ2v) is 5.83. The molecular weight excluding hydrogens is 314 g/mol. The van der Waals surface area contributed by atoms with Crippen molar-refractivity contribution >= 4 is 29.2 Å². The van der Waals surface area contributed by atoms with Crippen molar-refractivity contribution < 1.29 is 9.47 Å². The highest BCUT2D eigenvalue weighted by atomic mass is 35.5. The van der Waals surface area contributed by atoms with Gasteiger partial charge in [-0.3, -0.25) is 4.79 Å². The molecule has 3 N–H and O–H groups in total. The Labute approximate surface area is 129 Å². The quantitative estimate of drug-likeness (QED) is 0.664. The van der Waals surface area contributed by atoms with Crippen LogP contribution in [0.2, 0.25) is 5.02 Å². The monoisotopic (exact) mass is 325 g/mol. The lowest BCUT2D eigenvalue weighted by Crippen LogP contribution is -2.13. The van der Waals surface area contributed by atoms with Crippen LogP contribution < -0.4 is 16.0 Å². The van der Waals surface area contributed by atoms with Gasteiger partial charge in [0.05, 0.1) is 6.61 Å². The van der Waals surface area contributed by atoms with Crippen molar-refractivity contribution in [2.24, 2.45) is 0 Å². The van der Waals surface area contributed by atoms with Gasteiger partial charge in [0.25, 0.3) is 5.56 Å². The van der Waals surface area contributed by atoms with Crippen molar-refractivity contribution in [2.45, 2.75) is 17.5 Å². The van der Waals surface area contributed by atoms with Crippen LogP contribution in [0.15, 0.2) is 28.2 Å². The van der Waals surface area contributed by atoms with Crippen LogP contribution in [0.3, 0.4) is 0 Å². The van der Waals surface area contributed by atoms with Gasteiger partial charge in [-0.05, 0) is 12.1 Å². The number of fused-ring (bicyclic) bond motifs is 1. The third-order valence-corrected chi connectivity index (χ3v) is 4.00. The van der Waals surface area contributed by atoms with Gasteiger partial charge in [0.2, 0.25) is 0 Å². The fourth-order valence-electron chi connectivity index (χ4n) is 2.03. The number of aromatic nitrogens is 2. The summed E-state index contributed by atoms with van der Waals surface area (Å²) in [6.07, 6.45) is 0. The molecule has 0 aliphatic carbocycles. The Bertz CT molecular complexity index is 735. The van der Waals surface area contributed by atoms with E-state index in [1.54, 1.807) is 0 Å². The minimum atomic E-state index is -0.275. The number of hydrogen-bond acceptors (Lipinski definition) is 6. The van der Waals surface area contributed by atoms with E-state index in [2.05, 4.69) is 9.97 Å². The van der Waals surface area contributed by atoms with Gasteiger partial charge in [0, 0.05) is 28.0 Å². The number of nitrogens with zero attached hydrogens (tertiary/aromatic N) is 1. The van der Waals surface area contributed by atoms with Crippen molar-refractivity contribution in [1.82, 2.24) is 9.97 Å². The summed E-state index contributed by atoms with van der Waals surface area (Å²) >= 11 is 7.46. The summed E-state index contributed by atoms with van der Waals surface area (Å²) in [4.78, 5) is 18.1. The summed E-state index contributed by atoms with van der Waals surface area (Å²) in [6.45, 7) is 0.695. The molecule has 3 rings (SSSR count). The number of rotatable bonds is 3. The summed E-state index contributed by atoms with van der Waals surface area (Å²) in [7, 11) is 0. The lowest BCUT2D eigenvalue weighted by molar-refractivity contribution is -0.0168. The lowest BCUT2D eigenvalue weighted by Gasteiger charge is -2.20. The first-order valence-electron chi connectivity index (χ1n) is 6.13. The Morgan fingerprint density at radius 2 is 2.29 bits per heavy atom. The maximum atomic E-state index is 11.4. The molecule has 2 aromatic rings. The first-order chi connectivity index (χ1) is 10.1. The molecule has 1 aliphatic rings. The lowest BCUT2D eigenvalue weighted by atomic mass is 10.1. The van der Waals surface area contributed by atoms with Gasteiger partial charge in [0.1, 0.15) is 11.6 Å². The molecule has 110 valence electrons. The highest BCUT2D eigenvalue weighted by molar-refractivity contribution is 7.98. The van der Waals surface area contributed by atoms with Crippen molar-refractivity contribution in [1.29, 1.82) is 0 Å². The summed E-state index contributed by atoms with van der Waals surface area (Å²) in [5.41, 5.74) is 7.12. The first-order valence-corrected chi connectivity index (χ1v) is 7.49. The van der Waals surface area contributed by atoms with Gasteiger partial charge in [-0.2, -0.15) is 0 Å². The van der Waals surface area contributed by atoms with Crippen LogP contribution in [-0.4, -0.2) is 16.8 Å². The van der Waals surface area contributed by atoms with E-state index in [0.29, 0.717) is 22.5 Å². The van der Waals surface area contributed by atoms with Crippen molar-refractivity contribution in [3.63, 3.8) is 0 Å². The highest BCUT2D eigenvalue weighted by Gasteiger charge is 2.16. The number of halogens is 1. The van der Waals surface area contributed by atoms with Gasteiger partial charge in [-0.15, -0.1) is 0 Å². The van der Waals surface area contributed by atoms with E-state index in [0.717, 1.165) is 16.9 Å². The zero-order valence-electron chi connectivity index (χ0n) is 10.9. The third kappa shape index (κ3) is 3.31. The van der Waals surface area contributed by atoms with E-state index < -0.39 is 0 Å². The standard InChI is InChI=1S/C13H12ClN3O3S/c14-9-1-7-4-19-6-20-12(7)8(2-9)5-21-13-16-10(15)3-11(18)17-13/h1-3H,4-6H2,(H3,15,16,17,18). The van der Waals surface area contributed by atoms with E-state index in [1.165, 1.54) is 17.8 Å². The number of nitrogen functional groups attached to an aromatic ring is 1. The van der Waals surface area contributed by atoms with E-state index in [4.69, 9.17) is 26.8 Å². The van der Waals surface area contributed by atoms with Gasteiger partial charge in [-0.1, -0.05) is 23.4 Å². The molecule has 21 heavy (non-hydrogen) atoms. The number of nitrogens with two attached hydrogens (primary N) is 1. The summed E-state index contributed by atoms with van der Waals surface area (Å²) in [5.74, 6) is 1.53. The molecule has 0 radical (unpaired) electrons. The SMILES string of the molecule is Nc1cc(=O)[nH]c(SCc2cc(Cl)cc3c2OCOC3)n1. The molecular formula is C13H12ClN3O3S. The van der Waals surface area contributed by atoms with Gasteiger partial charge in [-0.25, -0.2) is 4.98 Å². The molecule has 0 bridgehead atoms. The molecule has 1 aromatic carbocycles. The van der Waals surface area contributed by atoms with Crippen LogP contribution >= 0.6 is 23.4 Å². The second-order valence-electron chi connectivity index (χ2n) is 4.43. The number of thioether (sulfide) groups is 1. The fourth-order valence-corrected chi connectivity index (χ4v) is 3.14. The van der Waals surface area contributed by atoms with Crippen LogP contribution in [0.4, 0.5) is 5.82 Å². The zero-order chi connectivity index (χ0) is 14.8. The Kier molecular flexibility index (Phi) is 4.05. The van der Waals surface area contributed by atoms with Crippen molar-refractivity contribution in [3.8, 4) is 5.75 Å². The Hall–Kier alpha value is -1.70. The number of H-pyrrole nitrogens is 1. The predicted octanol–water partition coefficient (Wildman–Crippen LogP) is 2.16. The molecule has 0 unspecified atom stereocenters. The summed E-state index contributed by atoms with van der Waals surface area (Å²) < 4.78 is 10.8. The van der Waals surface area contributed by atoms with Crippen LogP contribution in [-0.2, 0) is 17.1 Å². The van der Waals surface area contributed by atoms with Crippen molar-refractivity contribution in [3.05, 3.63) is 44.7 Å². The fraction of sp³-hybridized carbons (Fsp3) is 0.231.